The third-order valence-corrected chi connectivity index (χ3v) is 8.58. The van der Waals surface area contributed by atoms with E-state index in [2.05, 4.69) is 35.0 Å². The number of benzene rings is 2. The molecule has 1 aromatic heterocycles. The first-order valence-electron chi connectivity index (χ1n) is 14.3. The Balaban J connectivity index is 1.36. The van der Waals surface area contributed by atoms with E-state index in [9.17, 15) is 28.7 Å². The fraction of sp³-hybridized carbons (Fsp3) is 0.406. The number of nitrogens with zero attached hydrogens (tertiary/aromatic N) is 1. The quantitative estimate of drug-likeness (QED) is 0.224. The molecule has 2 aromatic carbocycles. The fourth-order valence-electron chi connectivity index (χ4n) is 5.22. The van der Waals surface area contributed by atoms with E-state index in [1.807, 2.05) is 18.2 Å². The molecule has 2 atom stereocenters. The normalized spacial score (nSPS) is 14.0. The Morgan fingerprint density at radius 1 is 1.02 bits per heavy atom. The molecule has 1 aliphatic carbocycles. The number of fused-ring (bicyclic) bond motifs is 1. The van der Waals surface area contributed by atoms with E-state index in [1.165, 1.54) is 29.0 Å². The van der Waals surface area contributed by atoms with E-state index in [0.29, 0.717) is 17.1 Å². The lowest BCUT2D eigenvalue weighted by Gasteiger charge is -2.25. The summed E-state index contributed by atoms with van der Waals surface area (Å²) in [6.45, 7) is 2.69. The van der Waals surface area contributed by atoms with Gasteiger partial charge in [0.05, 0.1) is 17.8 Å². The number of aliphatic hydroxyl groups is 1. The van der Waals surface area contributed by atoms with Crippen molar-refractivity contribution in [1.29, 1.82) is 5.26 Å². The lowest BCUT2D eigenvalue weighted by Crippen LogP contribution is -2.48. The van der Waals surface area contributed by atoms with E-state index in [1.54, 1.807) is 0 Å². The van der Waals surface area contributed by atoms with Crippen molar-refractivity contribution in [2.45, 2.75) is 77.0 Å². The molecule has 0 saturated heterocycles. The SMILES string of the molecule is CCc1cccc(CNC[C@H](O)[C@@H](Cc2cc(F)cc(F)c2)NC(=O)CCC(=O)Nc2c(C#N)sc3c2CCCC3)c1. The molecular weight excluding hydrogens is 558 g/mol. The van der Waals surface area contributed by atoms with Gasteiger partial charge in [-0.3, -0.25) is 9.59 Å². The van der Waals surface area contributed by atoms with Gasteiger partial charge >= 0.3 is 0 Å². The number of hydrogen-bond acceptors (Lipinski definition) is 6. The van der Waals surface area contributed by atoms with Crippen LogP contribution in [-0.2, 0) is 41.8 Å². The van der Waals surface area contributed by atoms with Crippen LogP contribution in [0.25, 0.3) is 0 Å². The molecule has 0 saturated carbocycles. The number of carbonyl (C=O) groups is 2. The van der Waals surface area contributed by atoms with Crippen LogP contribution in [-0.4, -0.2) is 35.6 Å². The van der Waals surface area contributed by atoms with Crippen LogP contribution < -0.4 is 16.0 Å². The number of nitrogens with one attached hydrogen (secondary N) is 3. The summed E-state index contributed by atoms with van der Waals surface area (Å²) in [6, 6.07) is 12.5. The van der Waals surface area contributed by atoms with Crippen LogP contribution in [0.2, 0.25) is 0 Å². The maximum Gasteiger partial charge on any atom is 0.224 e. The van der Waals surface area contributed by atoms with Gasteiger partial charge in [-0.05, 0) is 72.9 Å². The van der Waals surface area contributed by atoms with Crippen molar-refractivity contribution in [3.05, 3.63) is 86.1 Å². The first-order chi connectivity index (χ1) is 20.2. The van der Waals surface area contributed by atoms with Crippen molar-refractivity contribution in [3.63, 3.8) is 0 Å². The molecule has 42 heavy (non-hydrogen) atoms. The molecule has 4 rings (SSSR count). The molecule has 222 valence electrons. The number of hydrogen-bond donors (Lipinski definition) is 4. The minimum Gasteiger partial charge on any atom is -0.390 e. The van der Waals surface area contributed by atoms with Crippen molar-refractivity contribution in [3.8, 4) is 6.07 Å². The molecule has 0 bridgehead atoms. The molecule has 0 aliphatic heterocycles. The molecule has 0 fully saturated rings. The Morgan fingerprint density at radius 3 is 2.48 bits per heavy atom. The van der Waals surface area contributed by atoms with Crippen LogP contribution >= 0.6 is 11.3 Å². The molecule has 0 spiro atoms. The summed E-state index contributed by atoms with van der Waals surface area (Å²) in [6.07, 6.45) is 3.31. The maximum atomic E-state index is 13.9. The van der Waals surface area contributed by atoms with Crippen LogP contribution in [0.1, 0.15) is 64.6 Å². The van der Waals surface area contributed by atoms with Crippen LogP contribution in [0, 0.1) is 23.0 Å². The number of rotatable bonds is 13. The van der Waals surface area contributed by atoms with E-state index in [-0.39, 0.29) is 37.3 Å². The zero-order valence-electron chi connectivity index (χ0n) is 23.6. The Hall–Kier alpha value is -3.65. The van der Waals surface area contributed by atoms with Crippen molar-refractivity contribution in [1.82, 2.24) is 10.6 Å². The number of nitriles is 1. The van der Waals surface area contributed by atoms with Gasteiger partial charge in [0.1, 0.15) is 22.6 Å². The fourth-order valence-corrected chi connectivity index (χ4v) is 6.36. The summed E-state index contributed by atoms with van der Waals surface area (Å²) in [5, 5.41) is 29.3. The van der Waals surface area contributed by atoms with E-state index < -0.39 is 29.7 Å². The summed E-state index contributed by atoms with van der Waals surface area (Å²) < 4.78 is 27.7. The van der Waals surface area contributed by atoms with Crippen LogP contribution in [0.15, 0.2) is 42.5 Å². The summed E-state index contributed by atoms with van der Waals surface area (Å²) in [5.74, 6) is -2.35. The number of aliphatic hydroxyl groups excluding tert-OH is 1. The predicted octanol–water partition coefficient (Wildman–Crippen LogP) is 4.94. The van der Waals surface area contributed by atoms with Crippen molar-refractivity contribution in [2.24, 2.45) is 0 Å². The van der Waals surface area contributed by atoms with Crippen LogP contribution in [0.4, 0.5) is 14.5 Å². The van der Waals surface area contributed by atoms with Crippen molar-refractivity contribution >= 4 is 28.8 Å². The standard InChI is InChI=1S/C32H36F2N4O3S/c1-2-20-6-5-7-21(12-20)18-36-19-27(39)26(15-22-13-23(33)16-24(34)14-22)37-30(40)10-11-31(41)38-32-25-8-3-4-9-28(25)42-29(32)17-35/h5-7,12-14,16,26-27,36,39H,2-4,8-11,15,18-19H2,1H3,(H,37,40)(H,38,41)/t26-,27+/m1/s1. The number of amides is 2. The average Bonchev–Trinajstić information content (AvgIpc) is 3.32. The minimum atomic E-state index is -1.07. The Kier molecular flexibility index (Phi) is 11.2. The third kappa shape index (κ3) is 8.68. The topological polar surface area (TPSA) is 114 Å². The number of anilines is 1. The maximum absolute atomic E-state index is 13.9. The van der Waals surface area contributed by atoms with Crippen LogP contribution in [0.3, 0.4) is 0 Å². The lowest BCUT2D eigenvalue weighted by atomic mass is 9.97. The number of carbonyl (C=O) groups excluding carboxylic acids is 2. The average molecular weight is 595 g/mol. The largest absolute Gasteiger partial charge is 0.390 e. The van der Waals surface area contributed by atoms with Gasteiger partial charge in [0.2, 0.25) is 11.8 Å². The molecule has 0 radical (unpaired) electrons. The highest BCUT2D eigenvalue weighted by atomic mass is 32.1. The Bertz CT molecular complexity index is 1430. The first kappa shape index (κ1) is 31.3. The first-order valence-corrected chi connectivity index (χ1v) is 15.1. The molecule has 1 heterocycles. The van der Waals surface area contributed by atoms with Gasteiger partial charge in [-0.15, -0.1) is 11.3 Å². The van der Waals surface area contributed by atoms with Crippen LogP contribution in [0.5, 0.6) is 0 Å². The van der Waals surface area contributed by atoms with Gasteiger partial charge < -0.3 is 21.1 Å². The molecular formula is C32H36F2N4O3S. The second-order valence-corrected chi connectivity index (χ2v) is 11.7. The van der Waals surface area contributed by atoms with Gasteiger partial charge in [-0.2, -0.15) is 5.26 Å². The monoisotopic (exact) mass is 594 g/mol. The highest BCUT2D eigenvalue weighted by molar-refractivity contribution is 7.13. The number of halogens is 2. The van der Waals surface area contributed by atoms with E-state index in [0.717, 1.165) is 54.2 Å². The molecule has 4 N–H and O–H groups in total. The number of aryl methyl sites for hydroxylation is 2. The van der Waals surface area contributed by atoms with Gasteiger partial charge in [0.25, 0.3) is 0 Å². The third-order valence-electron chi connectivity index (χ3n) is 7.39. The Morgan fingerprint density at radius 2 is 1.74 bits per heavy atom. The molecule has 10 heteroatoms. The smallest absolute Gasteiger partial charge is 0.224 e. The highest BCUT2D eigenvalue weighted by Crippen LogP contribution is 2.38. The zero-order valence-corrected chi connectivity index (χ0v) is 24.5. The summed E-state index contributed by atoms with van der Waals surface area (Å²) in [5.41, 5.74) is 4.10. The summed E-state index contributed by atoms with van der Waals surface area (Å²) in [7, 11) is 0. The molecule has 1 aliphatic rings. The lowest BCUT2D eigenvalue weighted by molar-refractivity contribution is -0.125. The molecule has 2 amide bonds. The van der Waals surface area contributed by atoms with Gasteiger partial charge in [0, 0.05) is 36.9 Å². The molecule has 3 aromatic rings. The van der Waals surface area contributed by atoms with E-state index >= 15 is 0 Å². The highest BCUT2D eigenvalue weighted by Gasteiger charge is 2.24. The molecule has 0 unspecified atom stereocenters. The zero-order chi connectivity index (χ0) is 30.1. The van der Waals surface area contributed by atoms with Gasteiger partial charge in [-0.1, -0.05) is 31.2 Å². The van der Waals surface area contributed by atoms with Crippen molar-refractivity contribution < 1.29 is 23.5 Å². The Labute approximate surface area is 249 Å². The summed E-state index contributed by atoms with van der Waals surface area (Å²) >= 11 is 1.41. The predicted molar refractivity (Wildman–Crippen MR) is 159 cm³/mol. The minimum absolute atomic E-state index is 0.00659. The second kappa shape index (κ2) is 15.0. The van der Waals surface area contributed by atoms with Gasteiger partial charge in [-0.25, -0.2) is 8.78 Å². The molecule has 7 nitrogen and oxygen atoms in total. The van der Waals surface area contributed by atoms with Gasteiger partial charge in [0.15, 0.2) is 0 Å². The number of thiophene rings is 1. The van der Waals surface area contributed by atoms with Crippen molar-refractivity contribution in [2.75, 3.05) is 11.9 Å². The summed E-state index contributed by atoms with van der Waals surface area (Å²) in [4.78, 5) is 27.2. The second-order valence-electron chi connectivity index (χ2n) is 10.6. The van der Waals surface area contributed by atoms with E-state index in [4.69, 9.17) is 0 Å².